The molecule has 1 aliphatic rings. The Hall–Kier alpha value is -1.30. The molecule has 0 aromatic carbocycles. The van der Waals surface area contributed by atoms with Crippen LogP contribution in [0.3, 0.4) is 0 Å². The number of amides is 2. The highest BCUT2D eigenvalue weighted by Gasteiger charge is 2.24. The number of rotatable bonds is 2. The molecule has 0 spiro atoms. The lowest BCUT2D eigenvalue weighted by Crippen LogP contribution is -2.46. The predicted octanol–water partition coefficient (Wildman–Crippen LogP) is -0.634. The number of hydrazine groups is 1. The molecule has 1 aliphatic heterocycles. The van der Waals surface area contributed by atoms with Crippen LogP contribution in [0.25, 0.3) is 0 Å². The van der Waals surface area contributed by atoms with Gasteiger partial charge in [0.25, 0.3) is 0 Å². The molecule has 0 bridgehead atoms. The van der Waals surface area contributed by atoms with Crippen molar-refractivity contribution in [2.24, 2.45) is 11.8 Å². The number of nitrogens with two attached hydrogens (primary N) is 1. The van der Waals surface area contributed by atoms with Gasteiger partial charge in [-0.1, -0.05) is 0 Å². The molecule has 0 aromatic rings. The van der Waals surface area contributed by atoms with E-state index < -0.39 is 6.09 Å². The molecule has 1 saturated heterocycles. The molecule has 6 nitrogen and oxygen atoms in total. The summed E-state index contributed by atoms with van der Waals surface area (Å²) in [6.07, 6.45) is 0.370. The number of piperidine rings is 1. The Bertz CT molecular complexity index is 219. The number of nitrogens with zero attached hydrogens (tertiary/aromatic N) is 1. The van der Waals surface area contributed by atoms with Crippen molar-refractivity contribution < 1.29 is 14.7 Å². The second kappa shape index (κ2) is 4.08. The van der Waals surface area contributed by atoms with Crippen LogP contribution in [0.15, 0.2) is 0 Å². The number of hydrogen-bond acceptors (Lipinski definition) is 3. The smallest absolute Gasteiger partial charge is 0.421 e. The van der Waals surface area contributed by atoms with E-state index in [4.69, 9.17) is 10.9 Å². The average Bonchev–Trinajstić information content (AvgIpc) is 2.08. The van der Waals surface area contributed by atoms with E-state index >= 15 is 0 Å². The summed E-state index contributed by atoms with van der Waals surface area (Å²) in [5, 5.41) is 11.8. The highest BCUT2D eigenvalue weighted by Crippen LogP contribution is 2.11. The van der Waals surface area contributed by atoms with Crippen molar-refractivity contribution in [2.75, 3.05) is 13.1 Å². The maximum atomic E-state index is 11.2. The van der Waals surface area contributed by atoms with E-state index in [1.165, 1.54) is 0 Å². The Morgan fingerprint density at radius 1 is 1.77 bits per heavy atom. The first-order chi connectivity index (χ1) is 6.11. The summed E-state index contributed by atoms with van der Waals surface area (Å²) in [5.74, 6) is 4.76. The summed E-state index contributed by atoms with van der Waals surface area (Å²) in [7, 11) is 0. The molecule has 1 rings (SSSR count). The zero-order valence-corrected chi connectivity index (χ0v) is 7.19. The topological polar surface area (TPSA) is 95.7 Å². The quantitative estimate of drug-likeness (QED) is 0.304. The molecule has 0 aromatic heterocycles. The first-order valence-electron chi connectivity index (χ1n) is 4.14. The van der Waals surface area contributed by atoms with Crippen LogP contribution in [0.1, 0.15) is 12.8 Å². The minimum absolute atomic E-state index is 0.0706. The fraction of sp³-hybridized carbons (Fsp3) is 0.714. The van der Waals surface area contributed by atoms with E-state index in [-0.39, 0.29) is 18.4 Å². The molecule has 74 valence electrons. The third-order valence-corrected chi connectivity index (χ3v) is 2.06. The van der Waals surface area contributed by atoms with Crippen molar-refractivity contribution in [3.8, 4) is 0 Å². The molecule has 1 fully saturated rings. The van der Waals surface area contributed by atoms with Crippen LogP contribution in [-0.2, 0) is 4.79 Å². The Kier molecular flexibility index (Phi) is 3.07. The van der Waals surface area contributed by atoms with Gasteiger partial charge in [0.2, 0.25) is 5.91 Å². The van der Waals surface area contributed by atoms with E-state index in [9.17, 15) is 9.59 Å². The Balaban J connectivity index is 2.42. The summed E-state index contributed by atoms with van der Waals surface area (Å²) in [4.78, 5) is 21.5. The third kappa shape index (κ3) is 2.59. The second-order valence-electron chi connectivity index (χ2n) is 3.07. The highest BCUT2D eigenvalue weighted by molar-refractivity contribution is 5.80. The maximum absolute atomic E-state index is 11.2. The summed E-state index contributed by atoms with van der Waals surface area (Å²) >= 11 is 0. The van der Waals surface area contributed by atoms with E-state index in [2.05, 4.69) is 5.32 Å². The zero-order chi connectivity index (χ0) is 9.84. The molecule has 1 heterocycles. The molecule has 13 heavy (non-hydrogen) atoms. The predicted molar refractivity (Wildman–Crippen MR) is 44.7 cm³/mol. The number of hydrogen-bond donors (Lipinski definition) is 3. The monoisotopic (exact) mass is 187 g/mol. The van der Waals surface area contributed by atoms with Gasteiger partial charge in [0.1, 0.15) is 0 Å². The van der Waals surface area contributed by atoms with E-state index in [1.54, 1.807) is 0 Å². The van der Waals surface area contributed by atoms with Crippen molar-refractivity contribution in [1.29, 1.82) is 0 Å². The number of nitrogens with one attached hydrogen (secondary N) is 1. The van der Waals surface area contributed by atoms with Gasteiger partial charge in [0.15, 0.2) is 0 Å². The zero-order valence-electron chi connectivity index (χ0n) is 7.19. The average molecular weight is 187 g/mol. The normalized spacial score (nSPS) is 22.2. The molecule has 0 radical (unpaired) electrons. The van der Waals surface area contributed by atoms with Crippen LogP contribution in [0.5, 0.6) is 0 Å². The Labute approximate surface area is 75.7 Å². The second-order valence-corrected chi connectivity index (χ2v) is 3.07. The van der Waals surface area contributed by atoms with Gasteiger partial charge in [-0.05, 0) is 12.8 Å². The molecule has 0 unspecified atom stereocenters. The lowest BCUT2D eigenvalue weighted by molar-refractivity contribution is -0.127. The molecular weight excluding hydrogens is 174 g/mol. The number of carboxylic acid groups (broad SMARTS) is 1. The first kappa shape index (κ1) is 9.79. The van der Waals surface area contributed by atoms with Crippen LogP contribution in [-0.4, -0.2) is 35.2 Å². The SMILES string of the molecule is NN(C[C@H]1CCCNC1=O)C(=O)O. The molecule has 4 N–H and O–H groups in total. The first-order valence-corrected chi connectivity index (χ1v) is 4.14. The fourth-order valence-corrected chi connectivity index (χ4v) is 1.33. The van der Waals surface area contributed by atoms with Crippen molar-refractivity contribution >= 4 is 12.0 Å². The van der Waals surface area contributed by atoms with Gasteiger partial charge in [-0.15, -0.1) is 0 Å². The molecule has 6 heteroatoms. The van der Waals surface area contributed by atoms with Crippen LogP contribution in [0.2, 0.25) is 0 Å². The molecule has 0 aliphatic carbocycles. The van der Waals surface area contributed by atoms with Crippen molar-refractivity contribution in [2.45, 2.75) is 12.8 Å². The minimum atomic E-state index is -1.21. The van der Waals surface area contributed by atoms with Crippen LogP contribution in [0.4, 0.5) is 4.79 Å². The number of carbonyl (C=O) groups is 2. The summed E-state index contributed by atoms with van der Waals surface area (Å²) in [6, 6.07) is 0. The van der Waals surface area contributed by atoms with Crippen LogP contribution in [0, 0.1) is 5.92 Å². The van der Waals surface area contributed by atoms with Gasteiger partial charge in [-0.2, -0.15) is 0 Å². The van der Waals surface area contributed by atoms with Crippen LogP contribution < -0.4 is 11.2 Å². The van der Waals surface area contributed by atoms with Gasteiger partial charge in [0, 0.05) is 6.54 Å². The lowest BCUT2D eigenvalue weighted by Gasteiger charge is -2.24. The molecule has 0 saturated carbocycles. The van der Waals surface area contributed by atoms with E-state index in [0.717, 1.165) is 6.42 Å². The summed E-state index contributed by atoms with van der Waals surface area (Å²) < 4.78 is 0. The Morgan fingerprint density at radius 2 is 2.46 bits per heavy atom. The van der Waals surface area contributed by atoms with Crippen molar-refractivity contribution in [1.82, 2.24) is 10.3 Å². The molecule has 1 atom stereocenters. The van der Waals surface area contributed by atoms with E-state index in [1.807, 2.05) is 0 Å². The van der Waals surface area contributed by atoms with Gasteiger partial charge >= 0.3 is 6.09 Å². The van der Waals surface area contributed by atoms with E-state index in [0.29, 0.717) is 18.0 Å². The fourth-order valence-electron chi connectivity index (χ4n) is 1.33. The van der Waals surface area contributed by atoms with Gasteiger partial charge in [0.05, 0.1) is 12.5 Å². The minimum Gasteiger partial charge on any atom is -0.464 e. The standard InChI is InChI=1S/C7H13N3O3/c8-10(7(12)13)4-5-2-1-3-9-6(5)11/h5H,1-4,8H2,(H,9,11)(H,12,13)/t5-/m1/s1. The molecule has 2 amide bonds. The van der Waals surface area contributed by atoms with Gasteiger partial charge in [-0.25, -0.2) is 15.6 Å². The van der Waals surface area contributed by atoms with Gasteiger partial charge in [-0.3, -0.25) is 4.79 Å². The highest BCUT2D eigenvalue weighted by atomic mass is 16.4. The number of carbonyl (C=O) groups excluding carboxylic acids is 1. The lowest BCUT2D eigenvalue weighted by atomic mass is 9.99. The maximum Gasteiger partial charge on any atom is 0.421 e. The van der Waals surface area contributed by atoms with Crippen molar-refractivity contribution in [3.05, 3.63) is 0 Å². The largest absolute Gasteiger partial charge is 0.464 e. The summed E-state index contributed by atoms with van der Waals surface area (Å²) in [5.41, 5.74) is 0. The Morgan fingerprint density at radius 3 is 3.00 bits per heavy atom. The van der Waals surface area contributed by atoms with Crippen molar-refractivity contribution in [3.63, 3.8) is 0 Å². The van der Waals surface area contributed by atoms with Crippen LogP contribution >= 0.6 is 0 Å². The molecular formula is C7H13N3O3. The van der Waals surface area contributed by atoms with Gasteiger partial charge < -0.3 is 10.4 Å². The summed E-state index contributed by atoms with van der Waals surface area (Å²) in [6.45, 7) is 0.744. The third-order valence-electron chi connectivity index (χ3n) is 2.06.